The predicted molar refractivity (Wildman–Crippen MR) is 116 cm³/mol. The van der Waals surface area contributed by atoms with Crippen LogP contribution in [0.15, 0.2) is 34.3 Å². The molecule has 1 aromatic heterocycles. The molecule has 1 aliphatic heterocycles. The molecule has 2 amide bonds. The normalized spacial score (nSPS) is 16.3. The summed E-state index contributed by atoms with van der Waals surface area (Å²) in [6.07, 6.45) is 3.90. The van der Waals surface area contributed by atoms with Gasteiger partial charge in [0.25, 0.3) is 5.91 Å². The smallest absolute Gasteiger partial charge is 0.264 e. The number of amidine groups is 1. The van der Waals surface area contributed by atoms with E-state index in [1.54, 1.807) is 12.3 Å². The van der Waals surface area contributed by atoms with Crippen molar-refractivity contribution in [1.82, 2.24) is 10.3 Å². The molecule has 3 N–H and O–H groups in total. The average molecular weight is 433 g/mol. The molecular weight excluding hydrogens is 412 g/mol. The van der Waals surface area contributed by atoms with Crippen LogP contribution in [0.2, 0.25) is 0 Å². The maximum atomic E-state index is 12.2. The Morgan fingerprint density at radius 3 is 3.00 bits per heavy atom. The molecule has 1 fully saturated rings. The Balaban J connectivity index is 1.70. The lowest BCUT2D eigenvalue weighted by Gasteiger charge is -2.07. The van der Waals surface area contributed by atoms with Crippen molar-refractivity contribution in [1.29, 1.82) is 0 Å². The number of thioether (sulfide) groups is 1. The van der Waals surface area contributed by atoms with Gasteiger partial charge in [0.2, 0.25) is 5.91 Å². The van der Waals surface area contributed by atoms with Crippen LogP contribution in [0.3, 0.4) is 0 Å². The van der Waals surface area contributed by atoms with Gasteiger partial charge in [-0.15, -0.1) is 0 Å². The molecule has 0 aliphatic carbocycles. The zero-order chi connectivity index (χ0) is 20.8. The Morgan fingerprint density at radius 1 is 1.45 bits per heavy atom. The minimum absolute atomic E-state index is 0.0909. The molecule has 2 heterocycles. The third-order valence-corrected chi connectivity index (χ3v) is 5.46. The molecular formula is C19H20N4O4S2. The minimum atomic E-state index is -0.232. The number of nitrogens with one attached hydrogen (secondary N) is 2. The van der Waals surface area contributed by atoms with Crippen LogP contribution in [-0.2, 0) is 9.59 Å². The number of aliphatic imine (C=N–C) groups is 1. The van der Waals surface area contributed by atoms with Gasteiger partial charge in [0.15, 0.2) is 10.3 Å². The molecule has 2 aromatic rings. The quantitative estimate of drug-likeness (QED) is 0.458. The lowest BCUT2D eigenvalue weighted by atomic mass is 10.2. The lowest BCUT2D eigenvalue weighted by Crippen LogP contribution is -2.19. The van der Waals surface area contributed by atoms with E-state index in [4.69, 9.17) is 9.84 Å². The number of nitrogens with zero attached hydrogens (tertiary/aromatic N) is 2. The number of benzene rings is 1. The van der Waals surface area contributed by atoms with E-state index in [0.29, 0.717) is 34.0 Å². The van der Waals surface area contributed by atoms with E-state index in [9.17, 15) is 9.59 Å². The summed E-state index contributed by atoms with van der Waals surface area (Å²) in [7, 11) is 0. The van der Waals surface area contributed by atoms with E-state index < -0.39 is 0 Å². The molecule has 1 saturated heterocycles. The number of rotatable bonds is 7. The number of ether oxygens (including phenoxy) is 1. The Hall–Kier alpha value is -2.69. The number of aliphatic hydroxyl groups is 1. The molecule has 1 aromatic carbocycles. The van der Waals surface area contributed by atoms with Gasteiger partial charge >= 0.3 is 0 Å². The van der Waals surface area contributed by atoms with E-state index >= 15 is 0 Å². The summed E-state index contributed by atoms with van der Waals surface area (Å²) in [6.45, 7) is 3.87. The van der Waals surface area contributed by atoms with Gasteiger partial charge in [-0.05, 0) is 48.5 Å². The number of anilines is 1. The Bertz CT molecular complexity index is 984. The minimum Gasteiger partial charge on any atom is -0.493 e. The fourth-order valence-corrected chi connectivity index (χ4v) is 4.08. The van der Waals surface area contributed by atoms with Crippen LogP contribution < -0.4 is 15.4 Å². The third kappa shape index (κ3) is 5.89. The van der Waals surface area contributed by atoms with Gasteiger partial charge in [0.1, 0.15) is 5.75 Å². The Morgan fingerprint density at radius 2 is 2.28 bits per heavy atom. The van der Waals surface area contributed by atoms with Crippen LogP contribution in [0, 0.1) is 6.92 Å². The molecule has 0 unspecified atom stereocenters. The molecule has 10 heteroatoms. The standard InChI is InChI=1S/C19H20N4O4S2/c1-11-8-13(27-7-3-6-24)4-5-15(11)22-19-23-17(26)16(29-19)9-14-10-20-18(28-14)21-12(2)25/h4-5,8-10,24H,3,6-7H2,1-2H3,(H,20,21,25)(H,22,23,26). The first-order valence-corrected chi connectivity index (χ1v) is 10.4. The van der Waals surface area contributed by atoms with E-state index in [1.807, 2.05) is 25.1 Å². The van der Waals surface area contributed by atoms with Gasteiger partial charge in [0.05, 0.1) is 22.1 Å². The van der Waals surface area contributed by atoms with Crippen LogP contribution in [0.25, 0.3) is 6.08 Å². The summed E-state index contributed by atoms with van der Waals surface area (Å²) >= 11 is 2.53. The van der Waals surface area contributed by atoms with Gasteiger partial charge in [-0.1, -0.05) is 11.3 Å². The van der Waals surface area contributed by atoms with Crippen molar-refractivity contribution in [2.24, 2.45) is 4.99 Å². The van der Waals surface area contributed by atoms with Crippen molar-refractivity contribution < 1.29 is 19.4 Å². The first kappa shape index (κ1) is 21.0. The summed E-state index contributed by atoms with van der Waals surface area (Å²) in [6, 6.07) is 5.51. The van der Waals surface area contributed by atoms with Gasteiger partial charge in [-0.25, -0.2) is 9.98 Å². The third-order valence-electron chi connectivity index (χ3n) is 3.69. The molecule has 8 nitrogen and oxygen atoms in total. The van der Waals surface area contributed by atoms with E-state index in [0.717, 1.165) is 16.1 Å². The molecule has 0 bridgehead atoms. The highest BCUT2D eigenvalue weighted by Crippen LogP contribution is 2.31. The second kappa shape index (κ2) is 9.68. The van der Waals surface area contributed by atoms with Crippen LogP contribution in [-0.4, -0.2) is 40.3 Å². The number of carbonyl (C=O) groups excluding carboxylic acids is 2. The van der Waals surface area contributed by atoms with Crippen molar-refractivity contribution in [2.45, 2.75) is 20.3 Å². The summed E-state index contributed by atoms with van der Waals surface area (Å²) in [4.78, 5) is 33.2. The van der Waals surface area contributed by atoms with Crippen molar-refractivity contribution >= 4 is 57.0 Å². The largest absolute Gasteiger partial charge is 0.493 e. The van der Waals surface area contributed by atoms with Crippen molar-refractivity contribution in [3.05, 3.63) is 39.7 Å². The zero-order valence-electron chi connectivity index (χ0n) is 15.9. The van der Waals surface area contributed by atoms with Crippen LogP contribution >= 0.6 is 23.1 Å². The summed E-state index contributed by atoms with van der Waals surface area (Å²) in [5.74, 6) is 0.287. The first-order chi connectivity index (χ1) is 13.9. The van der Waals surface area contributed by atoms with E-state index in [-0.39, 0.29) is 18.4 Å². The maximum absolute atomic E-state index is 12.2. The van der Waals surface area contributed by atoms with E-state index in [2.05, 4.69) is 20.6 Å². The Labute approximate surface area is 176 Å². The van der Waals surface area contributed by atoms with Gasteiger partial charge < -0.3 is 20.5 Å². The summed E-state index contributed by atoms with van der Waals surface area (Å²) in [5.41, 5.74) is 1.64. The van der Waals surface area contributed by atoms with E-state index in [1.165, 1.54) is 30.0 Å². The number of aromatic nitrogens is 1. The number of hydrogen-bond donors (Lipinski definition) is 3. The van der Waals surface area contributed by atoms with Crippen LogP contribution in [0.1, 0.15) is 23.8 Å². The average Bonchev–Trinajstić information content (AvgIpc) is 3.23. The van der Waals surface area contributed by atoms with Crippen LogP contribution in [0.4, 0.5) is 10.8 Å². The molecule has 0 atom stereocenters. The summed E-state index contributed by atoms with van der Waals surface area (Å²) < 4.78 is 5.56. The number of amides is 2. The monoisotopic (exact) mass is 432 g/mol. The molecule has 3 rings (SSSR count). The Kier molecular flexibility index (Phi) is 7.02. The summed E-state index contributed by atoms with van der Waals surface area (Å²) in [5, 5.41) is 15.2. The highest BCUT2D eigenvalue weighted by molar-refractivity contribution is 8.18. The first-order valence-electron chi connectivity index (χ1n) is 8.82. The number of aryl methyl sites for hydroxylation is 1. The predicted octanol–water partition coefficient (Wildman–Crippen LogP) is 3.06. The molecule has 1 aliphatic rings. The second-order valence-electron chi connectivity index (χ2n) is 6.10. The lowest BCUT2D eigenvalue weighted by molar-refractivity contribution is -0.115. The fraction of sp³-hybridized carbons (Fsp3) is 0.263. The molecule has 0 spiro atoms. The van der Waals surface area contributed by atoms with Crippen molar-refractivity contribution in [2.75, 3.05) is 18.5 Å². The van der Waals surface area contributed by atoms with Crippen LogP contribution in [0.5, 0.6) is 5.75 Å². The second-order valence-corrected chi connectivity index (χ2v) is 8.20. The van der Waals surface area contributed by atoms with Gasteiger partial charge in [-0.3, -0.25) is 9.59 Å². The van der Waals surface area contributed by atoms with Crippen molar-refractivity contribution in [3.63, 3.8) is 0 Å². The zero-order valence-corrected chi connectivity index (χ0v) is 17.5. The number of hydrogen-bond acceptors (Lipinski definition) is 8. The fourth-order valence-electron chi connectivity index (χ4n) is 2.38. The molecule has 0 radical (unpaired) electrons. The highest BCUT2D eigenvalue weighted by atomic mass is 32.2. The number of thiazole rings is 1. The number of carbonyl (C=O) groups is 2. The topological polar surface area (TPSA) is 113 Å². The molecule has 152 valence electrons. The maximum Gasteiger partial charge on any atom is 0.264 e. The van der Waals surface area contributed by atoms with Gasteiger partial charge in [0, 0.05) is 26.1 Å². The SMILES string of the molecule is CC(=O)Nc1ncc(C=C2SC(=Nc3ccc(OCCCO)cc3C)NC2=O)s1. The van der Waals surface area contributed by atoms with Gasteiger partial charge in [-0.2, -0.15) is 0 Å². The molecule has 0 saturated carbocycles. The van der Waals surface area contributed by atoms with Crippen molar-refractivity contribution in [3.8, 4) is 5.75 Å². The molecule has 29 heavy (non-hydrogen) atoms. The number of aliphatic hydroxyl groups excluding tert-OH is 1. The highest BCUT2D eigenvalue weighted by Gasteiger charge is 2.24.